The molecule has 1 aliphatic heterocycles. The Bertz CT molecular complexity index is 600. The number of nitrogens with one attached hydrogen (secondary N) is 2. The molecule has 0 aromatic heterocycles. The van der Waals surface area contributed by atoms with Gasteiger partial charge in [-0.15, -0.1) is 0 Å². The van der Waals surface area contributed by atoms with Gasteiger partial charge in [0.05, 0.1) is 13.7 Å². The van der Waals surface area contributed by atoms with E-state index in [1.165, 1.54) is 45.7 Å². The molecule has 0 atom stereocenters. The summed E-state index contributed by atoms with van der Waals surface area (Å²) in [6, 6.07) is 5.81. The number of methoxy groups -OCH3 is 1. The Morgan fingerprint density at radius 1 is 1.07 bits per heavy atom. The molecule has 0 saturated carbocycles. The van der Waals surface area contributed by atoms with Gasteiger partial charge in [0.15, 0.2) is 17.5 Å². The van der Waals surface area contributed by atoms with Crippen molar-refractivity contribution in [3.8, 4) is 11.5 Å². The van der Waals surface area contributed by atoms with Gasteiger partial charge in [0.2, 0.25) is 0 Å². The lowest BCUT2D eigenvalue weighted by Crippen LogP contribution is -2.46. The minimum atomic E-state index is 0.612. The summed E-state index contributed by atoms with van der Waals surface area (Å²) >= 11 is 0. The Morgan fingerprint density at radius 2 is 1.82 bits per heavy atom. The van der Waals surface area contributed by atoms with Crippen LogP contribution in [-0.4, -0.2) is 82.3 Å². The molecule has 0 amide bonds. The Morgan fingerprint density at radius 3 is 2.46 bits per heavy atom. The van der Waals surface area contributed by atoms with E-state index in [-0.39, 0.29) is 0 Å². The first-order chi connectivity index (χ1) is 13.7. The number of anilines is 1. The third kappa shape index (κ3) is 7.20. The molecule has 158 valence electrons. The third-order valence-electron chi connectivity index (χ3n) is 5.06. The smallest absolute Gasteiger partial charge is 0.195 e. The number of likely N-dealkylation sites (N-methyl/N-ethyl adjacent to an activating group) is 1. The van der Waals surface area contributed by atoms with E-state index < -0.39 is 0 Å². The lowest BCUT2D eigenvalue weighted by Gasteiger charge is -2.34. The number of hydrogen-bond donors (Lipinski definition) is 2. The van der Waals surface area contributed by atoms with E-state index in [1.54, 1.807) is 14.2 Å². The Kier molecular flexibility index (Phi) is 9.93. The van der Waals surface area contributed by atoms with Crippen molar-refractivity contribution in [2.24, 2.45) is 4.99 Å². The number of piperazine rings is 1. The van der Waals surface area contributed by atoms with Crippen LogP contribution in [0.5, 0.6) is 11.5 Å². The lowest BCUT2D eigenvalue weighted by atomic mass is 10.2. The Labute approximate surface area is 170 Å². The van der Waals surface area contributed by atoms with Crippen LogP contribution in [0.3, 0.4) is 0 Å². The first-order valence-corrected chi connectivity index (χ1v) is 10.4. The second-order valence-electron chi connectivity index (χ2n) is 6.91. The largest absolute Gasteiger partial charge is 0.493 e. The molecular weight excluding hydrogens is 354 g/mol. The maximum atomic E-state index is 5.56. The zero-order valence-electron chi connectivity index (χ0n) is 18.0. The lowest BCUT2D eigenvalue weighted by molar-refractivity contribution is 0.136. The number of hydrogen-bond acceptors (Lipinski definition) is 5. The summed E-state index contributed by atoms with van der Waals surface area (Å²) in [7, 11) is 3.44. The zero-order valence-corrected chi connectivity index (χ0v) is 18.0. The fraction of sp³-hybridized carbons (Fsp3) is 0.667. The predicted molar refractivity (Wildman–Crippen MR) is 117 cm³/mol. The number of unbranched alkanes of at least 4 members (excludes halogenated alkanes) is 1. The molecule has 0 unspecified atom stereocenters. The van der Waals surface area contributed by atoms with Gasteiger partial charge in [-0.1, -0.05) is 6.92 Å². The normalized spacial score (nSPS) is 16.1. The number of ether oxygens (including phenoxy) is 2. The molecule has 1 aromatic carbocycles. The summed E-state index contributed by atoms with van der Waals surface area (Å²) in [5.41, 5.74) is 0.919. The second-order valence-corrected chi connectivity index (χ2v) is 6.91. The van der Waals surface area contributed by atoms with Gasteiger partial charge in [0.1, 0.15) is 0 Å². The van der Waals surface area contributed by atoms with Crippen LogP contribution in [0.4, 0.5) is 5.69 Å². The molecule has 7 nitrogen and oxygen atoms in total. The minimum Gasteiger partial charge on any atom is -0.493 e. The van der Waals surface area contributed by atoms with Gasteiger partial charge in [-0.2, -0.15) is 0 Å². The van der Waals surface area contributed by atoms with Crippen LogP contribution in [0, 0.1) is 0 Å². The molecule has 2 rings (SSSR count). The molecule has 0 aliphatic carbocycles. The second kappa shape index (κ2) is 12.5. The van der Waals surface area contributed by atoms with Crippen molar-refractivity contribution >= 4 is 11.6 Å². The van der Waals surface area contributed by atoms with Crippen molar-refractivity contribution in [2.45, 2.75) is 26.7 Å². The van der Waals surface area contributed by atoms with Crippen molar-refractivity contribution in [1.82, 2.24) is 15.1 Å². The van der Waals surface area contributed by atoms with Crippen LogP contribution >= 0.6 is 0 Å². The van der Waals surface area contributed by atoms with E-state index in [4.69, 9.17) is 9.47 Å². The topological polar surface area (TPSA) is 61.4 Å². The molecule has 1 aromatic rings. The van der Waals surface area contributed by atoms with Gasteiger partial charge in [-0.05, 0) is 45.0 Å². The van der Waals surface area contributed by atoms with Gasteiger partial charge in [0, 0.05) is 51.5 Å². The van der Waals surface area contributed by atoms with Gasteiger partial charge >= 0.3 is 0 Å². The van der Waals surface area contributed by atoms with Crippen molar-refractivity contribution in [3.05, 3.63) is 18.2 Å². The molecule has 1 heterocycles. The van der Waals surface area contributed by atoms with E-state index >= 15 is 0 Å². The highest BCUT2D eigenvalue weighted by Crippen LogP contribution is 2.30. The third-order valence-corrected chi connectivity index (χ3v) is 5.06. The highest BCUT2D eigenvalue weighted by molar-refractivity contribution is 5.93. The van der Waals surface area contributed by atoms with Crippen molar-refractivity contribution in [3.63, 3.8) is 0 Å². The summed E-state index contributed by atoms with van der Waals surface area (Å²) in [5.74, 6) is 2.23. The molecule has 0 spiro atoms. The molecule has 0 radical (unpaired) electrons. The number of rotatable bonds is 10. The number of aliphatic imine (C=N–C) groups is 1. The Hall–Kier alpha value is -1.99. The Balaban J connectivity index is 1.69. The molecule has 2 N–H and O–H groups in total. The first-order valence-electron chi connectivity index (χ1n) is 10.4. The fourth-order valence-electron chi connectivity index (χ4n) is 3.33. The summed E-state index contributed by atoms with van der Waals surface area (Å²) < 4.78 is 11.0. The van der Waals surface area contributed by atoms with Crippen molar-refractivity contribution < 1.29 is 9.47 Å². The van der Waals surface area contributed by atoms with Crippen LogP contribution in [0.1, 0.15) is 26.7 Å². The van der Waals surface area contributed by atoms with E-state index in [2.05, 4.69) is 32.3 Å². The predicted octanol–water partition coefficient (Wildman–Crippen LogP) is 2.50. The fourth-order valence-corrected chi connectivity index (χ4v) is 3.33. The molecule has 1 saturated heterocycles. The van der Waals surface area contributed by atoms with Gasteiger partial charge in [-0.3, -0.25) is 4.99 Å². The van der Waals surface area contributed by atoms with Crippen molar-refractivity contribution in [1.29, 1.82) is 0 Å². The van der Waals surface area contributed by atoms with Crippen LogP contribution in [0.25, 0.3) is 0 Å². The number of nitrogens with zero attached hydrogens (tertiary/aromatic N) is 3. The summed E-state index contributed by atoms with van der Waals surface area (Å²) in [5, 5.41) is 6.70. The van der Waals surface area contributed by atoms with Gasteiger partial charge < -0.3 is 29.9 Å². The highest BCUT2D eigenvalue weighted by atomic mass is 16.5. The first kappa shape index (κ1) is 22.3. The maximum absolute atomic E-state index is 5.56. The zero-order chi connectivity index (χ0) is 20.2. The monoisotopic (exact) mass is 391 g/mol. The van der Waals surface area contributed by atoms with Crippen LogP contribution < -0.4 is 20.1 Å². The molecule has 0 bridgehead atoms. The molecular formula is C21H37N5O2. The van der Waals surface area contributed by atoms with Gasteiger partial charge in [-0.25, -0.2) is 0 Å². The summed E-state index contributed by atoms with van der Waals surface area (Å²) in [6.07, 6.45) is 2.33. The average Bonchev–Trinajstić information content (AvgIpc) is 2.74. The van der Waals surface area contributed by atoms with Crippen molar-refractivity contribution in [2.75, 3.05) is 71.9 Å². The molecule has 1 fully saturated rings. The standard InChI is InChI=1S/C21H37N5O2/c1-5-25-13-15-26(16-14-25)12-8-7-11-23-21(22-3)24-18-9-10-19(28-6-2)20(17-18)27-4/h9-10,17H,5-8,11-16H2,1-4H3,(H2,22,23,24). The van der Waals surface area contributed by atoms with E-state index in [9.17, 15) is 0 Å². The van der Waals surface area contributed by atoms with Crippen LogP contribution in [0.15, 0.2) is 23.2 Å². The molecule has 1 aliphatic rings. The molecule has 7 heteroatoms. The summed E-state index contributed by atoms with van der Waals surface area (Å²) in [6.45, 7) is 12.9. The van der Waals surface area contributed by atoms with E-state index in [0.717, 1.165) is 30.4 Å². The van der Waals surface area contributed by atoms with Crippen LogP contribution in [0.2, 0.25) is 0 Å². The molecule has 28 heavy (non-hydrogen) atoms. The van der Waals surface area contributed by atoms with Crippen LogP contribution in [-0.2, 0) is 0 Å². The quantitative estimate of drug-likeness (QED) is 0.363. The van der Waals surface area contributed by atoms with Gasteiger partial charge in [0.25, 0.3) is 0 Å². The van der Waals surface area contributed by atoms with E-state index in [0.29, 0.717) is 12.4 Å². The minimum absolute atomic E-state index is 0.612. The SMILES string of the molecule is CCOc1ccc(NC(=NC)NCCCCN2CCN(CC)CC2)cc1OC. The average molecular weight is 392 g/mol. The maximum Gasteiger partial charge on any atom is 0.195 e. The van der Waals surface area contributed by atoms with E-state index in [1.807, 2.05) is 25.1 Å². The highest BCUT2D eigenvalue weighted by Gasteiger charge is 2.14. The number of benzene rings is 1. The number of guanidine groups is 1. The summed E-state index contributed by atoms with van der Waals surface area (Å²) in [4.78, 5) is 9.40.